The highest BCUT2D eigenvalue weighted by molar-refractivity contribution is 5.91. The van der Waals surface area contributed by atoms with Crippen molar-refractivity contribution in [3.63, 3.8) is 0 Å². The van der Waals surface area contributed by atoms with E-state index in [1.807, 2.05) is 0 Å². The molecule has 1 saturated carbocycles. The first-order valence-corrected chi connectivity index (χ1v) is 7.92. The smallest absolute Gasteiger partial charge is 0.246 e. The van der Waals surface area contributed by atoms with Crippen LogP contribution in [0.2, 0.25) is 0 Å². The van der Waals surface area contributed by atoms with Crippen LogP contribution in [0, 0.1) is 25.2 Å². The lowest BCUT2D eigenvalue weighted by Gasteiger charge is -2.59. The van der Waals surface area contributed by atoms with Gasteiger partial charge in [-0.2, -0.15) is 0 Å². The van der Waals surface area contributed by atoms with Crippen molar-refractivity contribution in [3.8, 4) is 0 Å². The van der Waals surface area contributed by atoms with E-state index in [0.29, 0.717) is 0 Å². The second-order valence-corrected chi connectivity index (χ2v) is 7.09. The normalized spacial score (nSPS) is 19.5. The average Bonchev–Trinajstić information content (AvgIpc) is 2.45. The molecule has 4 rings (SSSR count). The van der Waals surface area contributed by atoms with Crippen LogP contribution in [0.25, 0.3) is 10.9 Å². The van der Waals surface area contributed by atoms with Gasteiger partial charge in [-0.15, -0.1) is 0 Å². The number of hydrogen-bond acceptors (Lipinski definition) is 5. The molecule has 23 heavy (non-hydrogen) atoms. The molecule has 1 aliphatic heterocycles. The van der Waals surface area contributed by atoms with E-state index in [1.165, 1.54) is 11.1 Å². The molecule has 0 bridgehead atoms. The number of benzene rings is 1. The van der Waals surface area contributed by atoms with Gasteiger partial charge in [0.25, 0.3) is 0 Å². The zero-order chi connectivity index (χ0) is 16.2. The number of rotatable bonds is 2. The molecule has 2 aromatic rings. The third kappa shape index (κ3) is 2.16. The molecule has 2 fully saturated rings. The summed E-state index contributed by atoms with van der Waals surface area (Å²) >= 11 is 0. The van der Waals surface area contributed by atoms with Crippen molar-refractivity contribution in [1.82, 2.24) is 15.4 Å². The minimum atomic E-state index is -0.257. The Balaban J connectivity index is 1.54. The topological polar surface area (TPSA) is 78.4 Å². The maximum absolute atomic E-state index is 11.4. The number of hydroxylamine groups is 1. The van der Waals surface area contributed by atoms with Gasteiger partial charge in [-0.1, -0.05) is 0 Å². The van der Waals surface area contributed by atoms with Gasteiger partial charge in [0.05, 0.1) is 5.52 Å². The number of nitrogens with zero attached hydrogens (tertiary/aromatic N) is 3. The summed E-state index contributed by atoms with van der Waals surface area (Å²) in [5.41, 5.74) is 5.43. The van der Waals surface area contributed by atoms with Crippen molar-refractivity contribution < 1.29 is 10.0 Å². The predicted molar refractivity (Wildman–Crippen MR) is 86.3 cm³/mol. The first-order valence-electron chi connectivity index (χ1n) is 7.92. The number of carbonyl (C=O) groups is 1. The largest absolute Gasteiger partial charge is 0.355 e. The highest BCUT2D eigenvalue weighted by Crippen LogP contribution is 2.53. The molecule has 1 aromatic heterocycles. The standard InChI is InChI=1S/C17H20N4O2/c1-10-3-13-14(4-11(10)2)18-9-19-15(13)21-7-17(8-21)5-12(6-17)16(22)20-23/h3-4,9,12,23H,5-8H2,1-2H3,(H,20,22). The molecule has 1 spiro atoms. The molecule has 0 unspecified atom stereocenters. The molecule has 0 radical (unpaired) electrons. The fourth-order valence-corrected chi connectivity index (χ4v) is 3.99. The molecule has 2 N–H and O–H groups in total. The molecule has 120 valence electrons. The summed E-state index contributed by atoms with van der Waals surface area (Å²) in [6.07, 6.45) is 3.31. The first kappa shape index (κ1) is 14.4. The van der Waals surface area contributed by atoms with Gasteiger partial charge in [-0.3, -0.25) is 10.0 Å². The minimum Gasteiger partial charge on any atom is -0.355 e. The molecule has 1 aromatic carbocycles. The lowest BCUT2D eigenvalue weighted by atomic mass is 9.57. The van der Waals surface area contributed by atoms with E-state index in [9.17, 15) is 4.79 Å². The molecule has 1 amide bonds. The summed E-state index contributed by atoms with van der Waals surface area (Å²) < 4.78 is 0. The van der Waals surface area contributed by atoms with Gasteiger partial charge in [0.1, 0.15) is 12.1 Å². The van der Waals surface area contributed by atoms with Gasteiger partial charge in [-0.25, -0.2) is 15.4 Å². The number of fused-ring (bicyclic) bond motifs is 1. The van der Waals surface area contributed by atoms with Crippen LogP contribution in [0.3, 0.4) is 0 Å². The second kappa shape index (κ2) is 4.89. The molecule has 1 aliphatic carbocycles. The number of aromatic nitrogens is 2. The molecular weight excluding hydrogens is 292 g/mol. The zero-order valence-electron chi connectivity index (χ0n) is 13.3. The minimum absolute atomic E-state index is 0.0470. The maximum atomic E-state index is 11.4. The quantitative estimate of drug-likeness (QED) is 0.655. The van der Waals surface area contributed by atoms with Crippen LogP contribution in [0.4, 0.5) is 5.82 Å². The van der Waals surface area contributed by atoms with Crippen LogP contribution in [-0.4, -0.2) is 34.2 Å². The fraction of sp³-hybridized carbons (Fsp3) is 0.471. The number of carbonyl (C=O) groups excluding carboxylic acids is 1. The zero-order valence-corrected chi connectivity index (χ0v) is 13.3. The number of aryl methyl sites for hydroxylation is 2. The molecule has 2 aliphatic rings. The van der Waals surface area contributed by atoms with Gasteiger partial charge in [0.2, 0.25) is 5.91 Å². The number of nitrogens with one attached hydrogen (secondary N) is 1. The summed E-state index contributed by atoms with van der Waals surface area (Å²) in [6, 6.07) is 4.27. The van der Waals surface area contributed by atoms with Gasteiger partial charge in [-0.05, 0) is 49.9 Å². The summed E-state index contributed by atoms with van der Waals surface area (Å²) in [6.45, 7) is 6.03. The Hall–Kier alpha value is -2.21. The van der Waals surface area contributed by atoms with E-state index in [4.69, 9.17) is 5.21 Å². The molecule has 6 nitrogen and oxygen atoms in total. The Morgan fingerprint density at radius 1 is 1.26 bits per heavy atom. The Morgan fingerprint density at radius 2 is 1.96 bits per heavy atom. The Bertz CT molecular complexity index is 791. The van der Waals surface area contributed by atoms with Crippen LogP contribution >= 0.6 is 0 Å². The van der Waals surface area contributed by atoms with Gasteiger partial charge < -0.3 is 4.90 Å². The van der Waals surface area contributed by atoms with Crippen molar-refractivity contribution in [2.75, 3.05) is 18.0 Å². The maximum Gasteiger partial charge on any atom is 0.246 e. The summed E-state index contributed by atoms with van der Waals surface area (Å²) in [4.78, 5) is 22.6. The summed E-state index contributed by atoms with van der Waals surface area (Å²) in [5.74, 6) is 0.681. The second-order valence-electron chi connectivity index (χ2n) is 7.09. The lowest BCUT2D eigenvalue weighted by Crippen LogP contribution is -2.64. The molecular formula is C17H20N4O2. The van der Waals surface area contributed by atoms with Crippen molar-refractivity contribution in [2.24, 2.45) is 11.3 Å². The van der Waals surface area contributed by atoms with Crippen molar-refractivity contribution >= 4 is 22.6 Å². The molecule has 2 heterocycles. The van der Waals surface area contributed by atoms with E-state index in [1.54, 1.807) is 11.8 Å². The Morgan fingerprint density at radius 3 is 2.65 bits per heavy atom. The van der Waals surface area contributed by atoms with Crippen molar-refractivity contribution in [2.45, 2.75) is 26.7 Å². The highest BCUT2D eigenvalue weighted by Gasteiger charge is 2.54. The highest BCUT2D eigenvalue weighted by atomic mass is 16.5. The third-order valence-corrected chi connectivity index (χ3v) is 5.42. The van der Waals surface area contributed by atoms with E-state index in [2.05, 4.69) is 40.8 Å². The van der Waals surface area contributed by atoms with E-state index in [0.717, 1.165) is 42.7 Å². The Labute approximate surface area is 134 Å². The van der Waals surface area contributed by atoms with E-state index in [-0.39, 0.29) is 17.2 Å². The van der Waals surface area contributed by atoms with Crippen molar-refractivity contribution in [3.05, 3.63) is 29.6 Å². The molecule has 0 atom stereocenters. The van der Waals surface area contributed by atoms with E-state index < -0.39 is 0 Å². The summed E-state index contributed by atoms with van der Waals surface area (Å²) in [5, 5.41) is 9.79. The van der Waals surface area contributed by atoms with Gasteiger partial charge in [0, 0.05) is 29.8 Å². The molecule has 6 heteroatoms. The van der Waals surface area contributed by atoms with Gasteiger partial charge >= 0.3 is 0 Å². The average molecular weight is 312 g/mol. The fourth-order valence-electron chi connectivity index (χ4n) is 3.99. The molecule has 1 saturated heterocycles. The monoisotopic (exact) mass is 312 g/mol. The van der Waals surface area contributed by atoms with Gasteiger partial charge in [0.15, 0.2) is 0 Å². The van der Waals surface area contributed by atoms with Crippen LogP contribution < -0.4 is 10.4 Å². The van der Waals surface area contributed by atoms with Crippen LogP contribution in [0.5, 0.6) is 0 Å². The number of hydrogen-bond donors (Lipinski definition) is 2. The predicted octanol–water partition coefficient (Wildman–Crippen LogP) is 1.97. The Kier molecular flexibility index (Phi) is 3.06. The van der Waals surface area contributed by atoms with Crippen LogP contribution in [-0.2, 0) is 4.79 Å². The summed E-state index contributed by atoms with van der Waals surface area (Å²) in [7, 11) is 0. The van der Waals surface area contributed by atoms with Crippen LogP contribution in [0.15, 0.2) is 18.5 Å². The van der Waals surface area contributed by atoms with E-state index >= 15 is 0 Å². The van der Waals surface area contributed by atoms with Crippen molar-refractivity contribution in [1.29, 1.82) is 0 Å². The third-order valence-electron chi connectivity index (χ3n) is 5.42. The first-order chi connectivity index (χ1) is 11.0. The number of amides is 1. The lowest BCUT2D eigenvalue weighted by molar-refractivity contribution is -0.142. The van der Waals surface area contributed by atoms with Crippen LogP contribution in [0.1, 0.15) is 24.0 Å². The number of anilines is 1. The SMILES string of the molecule is Cc1cc2ncnc(N3CC4(CC(C(=O)NO)C4)C3)c2cc1C.